The number of rotatable bonds is 3. The molecule has 0 saturated heterocycles. The van der Waals surface area contributed by atoms with Crippen LogP contribution in [0.1, 0.15) is 17.0 Å². The molecule has 0 N–H and O–H groups in total. The SMILES string of the molecule is Cc1nc2nc(-c3nccn3-c3c(C)cc(-c4ccccc4)cc3C)ccc2o1. The van der Waals surface area contributed by atoms with Crippen LogP contribution in [0.15, 0.2) is 71.4 Å². The molecule has 0 unspecified atom stereocenters. The fourth-order valence-electron chi connectivity index (χ4n) is 3.86. The Kier molecular flexibility index (Phi) is 4.02. The van der Waals surface area contributed by atoms with Gasteiger partial charge in [-0.15, -0.1) is 0 Å². The molecular formula is C24H20N4O. The van der Waals surface area contributed by atoms with Crippen molar-refractivity contribution in [2.24, 2.45) is 0 Å². The topological polar surface area (TPSA) is 56.7 Å². The monoisotopic (exact) mass is 380 g/mol. The molecule has 0 atom stereocenters. The number of pyridine rings is 1. The minimum absolute atomic E-state index is 0.599. The van der Waals surface area contributed by atoms with Crippen molar-refractivity contribution >= 4 is 11.2 Å². The van der Waals surface area contributed by atoms with Gasteiger partial charge in [-0.3, -0.25) is 4.57 Å². The molecule has 5 heteroatoms. The zero-order chi connectivity index (χ0) is 20.0. The third-order valence-electron chi connectivity index (χ3n) is 5.07. The fraction of sp³-hybridized carbons (Fsp3) is 0.125. The molecule has 0 aliphatic heterocycles. The minimum Gasteiger partial charge on any atom is -0.439 e. The van der Waals surface area contributed by atoms with Gasteiger partial charge in [-0.2, -0.15) is 4.98 Å². The summed E-state index contributed by atoms with van der Waals surface area (Å²) in [6.45, 7) is 6.09. The van der Waals surface area contributed by atoms with Crippen molar-refractivity contribution < 1.29 is 4.42 Å². The molecule has 2 aromatic carbocycles. The van der Waals surface area contributed by atoms with Crippen molar-refractivity contribution in [1.29, 1.82) is 0 Å². The predicted molar refractivity (Wildman–Crippen MR) is 114 cm³/mol. The molecule has 0 aliphatic rings. The van der Waals surface area contributed by atoms with Crippen molar-refractivity contribution in [3.8, 4) is 28.3 Å². The van der Waals surface area contributed by atoms with Crippen LogP contribution in [0.25, 0.3) is 39.6 Å². The Morgan fingerprint density at radius 1 is 0.828 bits per heavy atom. The lowest BCUT2D eigenvalue weighted by Gasteiger charge is -2.16. The van der Waals surface area contributed by atoms with E-state index in [-0.39, 0.29) is 0 Å². The Balaban J connectivity index is 1.63. The minimum atomic E-state index is 0.599. The van der Waals surface area contributed by atoms with E-state index in [1.807, 2.05) is 31.3 Å². The first kappa shape index (κ1) is 17.4. The highest BCUT2D eigenvalue weighted by Gasteiger charge is 2.15. The van der Waals surface area contributed by atoms with E-state index < -0.39 is 0 Å². The van der Waals surface area contributed by atoms with E-state index >= 15 is 0 Å². The van der Waals surface area contributed by atoms with Gasteiger partial charge < -0.3 is 4.42 Å². The molecule has 5 aromatic rings. The van der Waals surface area contributed by atoms with Gasteiger partial charge in [0.2, 0.25) is 0 Å². The van der Waals surface area contributed by atoms with Gasteiger partial charge in [-0.05, 0) is 60.4 Å². The maximum atomic E-state index is 5.55. The van der Waals surface area contributed by atoms with Gasteiger partial charge in [-0.25, -0.2) is 9.97 Å². The quantitative estimate of drug-likeness (QED) is 0.405. The van der Waals surface area contributed by atoms with Crippen molar-refractivity contribution in [2.45, 2.75) is 20.8 Å². The molecule has 0 radical (unpaired) electrons. The second kappa shape index (κ2) is 6.71. The average Bonchev–Trinajstić information content (AvgIpc) is 3.33. The summed E-state index contributed by atoms with van der Waals surface area (Å²) in [7, 11) is 0. The zero-order valence-corrected chi connectivity index (χ0v) is 16.5. The lowest BCUT2D eigenvalue weighted by Crippen LogP contribution is -2.03. The smallest absolute Gasteiger partial charge is 0.199 e. The normalized spacial score (nSPS) is 11.3. The number of imidazole rings is 1. The average molecular weight is 380 g/mol. The van der Waals surface area contributed by atoms with Gasteiger partial charge in [0.15, 0.2) is 22.9 Å². The molecule has 5 rings (SSSR count). The number of hydrogen-bond donors (Lipinski definition) is 0. The summed E-state index contributed by atoms with van der Waals surface area (Å²) in [5, 5.41) is 0. The molecule has 0 saturated carbocycles. The Hall–Kier alpha value is -3.73. The number of fused-ring (bicyclic) bond motifs is 1. The Labute approximate surface area is 168 Å². The maximum Gasteiger partial charge on any atom is 0.199 e. The molecule has 0 spiro atoms. The molecule has 5 nitrogen and oxygen atoms in total. The Morgan fingerprint density at radius 2 is 1.59 bits per heavy atom. The maximum absolute atomic E-state index is 5.55. The van der Waals surface area contributed by atoms with Gasteiger partial charge >= 0.3 is 0 Å². The first-order valence-corrected chi connectivity index (χ1v) is 9.55. The lowest BCUT2D eigenvalue weighted by atomic mass is 9.98. The van der Waals surface area contributed by atoms with E-state index in [0.29, 0.717) is 17.1 Å². The molecule has 0 aliphatic carbocycles. The zero-order valence-electron chi connectivity index (χ0n) is 16.5. The van der Waals surface area contributed by atoms with E-state index in [4.69, 9.17) is 4.42 Å². The van der Waals surface area contributed by atoms with Gasteiger partial charge in [0.25, 0.3) is 0 Å². The number of nitrogens with zero attached hydrogens (tertiary/aromatic N) is 4. The molecular weight excluding hydrogens is 360 g/mol. The number of aromatic nitrogens is 4. The van der Waals surface area contributed by atoms with Gasteiger partial charge in [0.1, 0.15) is 5.69 Å². The summed E-state index contributed by atoms with van der Waals surface area (Å²) in [4.78, 5) is 13.6. The Morgan fingerprint density at radius 3 is 2.34 bits per heavy atom. The van der Waals surface area contributed by atoms with Crippen molar-refractivity contribution in [3.63, 3.8) is 0 Å². The van der Waals surface area contributed by atoms with Crippen LogP contribution in [0.2, 0.25) is 0 Å². The first-order chi connectivity index (χ1) is 14.1. The van der Waals surface area contributed by atoms with Gasteiger partial charge in [-0.1, -0.05) is 30.3 Å². The highest BCUT2D eigenvalue weighted by molar-refractivity contribution is 5.73. The van der Waals surface area contributed by atoms with Crippen LogP contribution in [0, 0.1) is 20.8 Å². The molecule has 0 bridgehead atoms. The predicted octanol–water partition coefficient (Wildman–Crippen LogP) is 5.67. The molecule has 3 heterocycles. The summed E-state index contributed by atoms with van der Waals surface area (Å²) < 4.78 is 7.65. The van der Waals surface area contributed by atoms with Crippen LogP contribution in [0.4, 0.5) is 0 Å². The molecule has 0 fully saturated rings. The van der Waals surface area contributed by atoms with Crippen LogP contribution < -0.4 is 0 Å². The number of aryl methyl sites for hydroxylation is 3. The Bertz CT molecular complexity index is 1310. The number of oxazole rings is 1. The second-order valence-corrected chi connectivity index (χ2v) is 7.20. The first-order valence-electron chi connectivity index (χ1n) is 9.55. The van der Waals surface area contributed by atoms with Crippen molar-refractivity contribution in [3.05, 3.63) is 84.0 Å². The van der Waals surface area contributed by atoms with Crippen LogP contribution in [-0.2, 0) is 0 Å². The van der Waals surface area contributed by atoms with Crippen LogP contribution in [0.5, 0.6) is 0 Å². The summed E-state index contributed by atoms with van der Waals surface area (Å²) in [5.41, 5.74) is 7.96. The summed E-state index contributed by atoms with van der Waals surface area (Å²) in [5.74, 6) is 1.39. The van der Waals surface area contributed by atoms with Crippen molar-refractivity contribution in [2.75, 3.05) is 0 Å². The summed E-state index contributed by atoms with van der Waals surface area (Å²) >= 11 is 0. The molecule has 29 heavy (non-hydrogen) atoms. The van der Waals surface area contributed by atoms with Crippen LogP contribution in [-0.4, -0.2) is 19.5 Å². The molecule has 3 aromatic heterocycles. The third-order valence-corrected chi connectivity index (χ3v) is 5.07. The largest absolute Gasteiger partial charge is 0.439 e. The van der Waals surface area contributed by atoms with E-state index in [9.17, 15) is 0 Å². The third kappa shape index (κ3) is 3.01. The lowest BCUT2D eigenvalue weighted by molar-refractivity contribution is 0.561. The van der Waals surface area contributed by atoms with E-state index in [1.54, 1.807) is 6.20 Å². The van der Waals surface area contributed by atoms with E-state index in [2.05, 4.69) is 69.8 Å². The summed E-state index contributed by atoms with van der Waals surface area (Å²) in [6, 6.07) is 18.7. The van der Waals surface area contributed by atoms with E-state index in [1.165, 1.54) is 22.3 Å². The van der Waals surface area contributed by atoms with Crippen molar-refractivity contribution in [1.82, 2.24) is 19.5 Å². The standard InChI is InChI=1S/C24H20N4O/c1-15-13-19(18-7-5-4-6-8-18)14-16(2)22(15)28-12-11-25-24(28)20-9-10-21-23(27-20)26-17(3)29-21/h4-14H,1-3H3. The second-order valence-electron chi connectivity index (χ2n) is 7.20. The molecule has 142 valence electrons. The highest BCUT2D eigenvalue weighted by Crippen LogP contribution is 2.30. The number of benzene rings is 2. The summed E-state index contributed by atoms with van der Waals surface area (Å²) in [6.07, 6.45) is 3.78. The van der Waals surface area contributed by atoms with E-state index in [0.717, 1.165) is 17.2 Å². The highest BCUT2D eigenvalue weighted by atomic mass is 16.3. The van der Waals surface area contributed by atoms with Crippen LogP contribution >= 0.6 is 0 Å². The van der Waals surface area contributed by atoms with Gasteiger partial charge in [0, 0.05) is 19.3 Å². The fourth-order valence-corrected chi connectivity index (χ4v) is 3.86. The number of hydrogen-bond acceptors (Lipinski definition) is 4. The van der Waals surface area contributed by atoms with Crippen LogP contribution in [0.3, 0.4) is 0 Å². The molecule has 0 amide bonds. The van der Waals surface area contributed by atoms with Gasteiger partial charge in [0.05, 0.1) is 5.69 Å².